The molecule has 1 rings (SSSR count). The van der Waals surface area contributed by atoms with Gasteiger partial charge in [0, 0.05) is 20.5 Å². The van der Waals surface area contributed by atoms with E-state index in [1.165, 1.54) is 0 Å². The van der Waals surface area contributed by atoms with Gasteiger partial charge in [-0.1, -0.05) is 0 Å². The van der Waals surface area contributed by atoms with E-state index in [1.807, 2.05) is 31.3 Å². The number of allylic oxidation sites excluding steroid dienone is 3. The topological polar surface area (TPSA) is 20.3 Å². The smallest absolute Gasteiger partial charge is 0.155 e. The molecule has 0 heterocycles. The standard InChI is InChI=1S/C10H15NO/c1-11(2)7-6-9-4-3-5-10(12)8-9/h6-8H,3-5H2,1-2H3/b7-6+. The Labute approximate surface area is 73.6 Å². The van der Waals surface area contributed by atoms with E-state index < -0.39 is 0 Å². The molecule has 0 amide bonds. The molecule has 0 saturated carbocycles. The van der Waals surface area contributed by atoms with Crippen molar-refractivity contribution in [2.24, 2.45) is 0 Å². The van der Waals surface area contributed by atoms with Crippen molar-refractivity contribution in [1.29, 1.82) is 0 Å². The van der Waals surface area contributed by atoms with E-state index in [9.17, 15) is 4.79 Å². The molecule has 66 valence electrons. The summed E-state index contributed by atoms with van der Waals surface area (Å²) in [6, 6.07) is 0. The van der Waals surface area contributed by atoms with Gasteiger partial charge in [0.25, 0.3) is 0 Å². The molecule has 0 aliphatic heterocycles. The van der Waals surface area contributed by atoms with Crippen molar-refractivity contribution in [2.45, 2.75) is 19.3 Å². The van der Waals surface area contributed by atoms with Gasteiger partial charge in [-0.15, -0.1) is 0 Å². The van der Waals surface area contributed by atoms with Gasteiger partial charge in [-0.2, -0.15) is 0 Å². The molecule has 2 heteroatoms. The Morgan fingerprint density at radius 2 is 2.17 bits per heavy atom. The van der Waals surface area contributed by atoms with Crippen LogP contribution >= 0.6 is 0 Å². The van der Waals surface area contributed by atoms with E-state index >= 15 is 0 Å². The predicted molar refractivity (Wildman–Crippen MR) is 49.8 cm³/mol. The van der Waals surface area contributed by atoms with Crippen LogP contribution in [0.4, 0.5) is 0 Å². The van der Waals surface area contributed by atoms with E-state index in [-0.39, 0.29) is 5.78 Å². The Balaban J connectivity index is 2.57. The zero-order chi connectivity index (χ0) is 8.97. The summed E-state index contributed by atoms with van der Waals surface area (Å²) >= 11 is 0. The fourth-order valence-corrected chi connectivity index (χ4v) is 1.19. The monoisotopic (exact) mass is 165 g/mol. The Bertz CT molecular complexity index is 226. The lowest BCUT2D eigenvalue weighted by atomic mass is 9.99. The highest BCUT2D eigenvalue weighted by atomic mass is 16.1. The molecular formula is C10H15NO. The molecule has 1 aliphatic carbocycles. The van der Waals surface area contributed by atoms with Gasteiger partial charge in [-0.05, 0) is 36.8 Å². The number of carbonyl (C=O) groups excluding carboxylic acids is 1. The van der Waals surface area contributed by atoms with Crippen LogP contribution in [0, 0.1) is 0 Å². The second kappa shape index (κ2) is 4.10. The first-order valence-electron chi connectivity index (χ1n) is 4.26. The summed E-state index contributed by atoms with van der Waals surface area (Å²) in [6.07, 6.45) is 8.50. The Hall–Kier alpha value is -1.05. The van der Waals surface area contributed by atoms with E-state index in [2.05, 4.69) is 0 Å². The minimum Gasteiger partial charge on any atom is -0.383 e. The number of nitrogens with zero attached hydrogens (tertiary/aromatic N) is 1. The summed E-state index contributed by atoms with van der Waals surface area (Å²) < 4.78 is 0. The quantitative estimate of drug-likeness (QED) is 0.621. The molecule has 0 aromatic rings. The third-order valence-electron chi connectivity index (χ3n) is 1.82. The lowest BCUT2D eigenvalue weighted by molar-refractivity contribution is -0.115. The zero-order valence-electron chi connectivity index (χ0n) is 7.71. The van der Waals surface area contributed by atoms with Crippen LogP contribution in [0.25, 0.3) is 0 Å². The minimum absolute atomic E-state index is 0.264. The molecule has 0 unspecified atom stereocenters. The number of carbonyl (C=O) groups is 1. The molecule has 0 saturated heterocycles. The highest BCUT2D eigenvalue weighted by Crippen LogP contribution is 2.15. The first kappa shape index (κ1) is 9.04. The van der Waals surface area contributed by atoms with Crippen LogP contribution in [0.3, 0.4) is 0 Å². The summed E-state index contributed by atoms with van der Waals surface area (Å²) in [7, 11) is 3.95. The molecular weight excluding hydrogens is 150 g/mol. The largest absolute Gasteiger partial charge is 0.383 e. The van der Waals surface area contributed by atoms with E-state index in [1.54, 1.807) is 6.08 Å². The van der Waals surface area contributed by atoms with Crippen molar-refractivity contribution in [3.63, 3.8) is 0 Å². The normalized spacial score (nSPS) is 18.2. The lowest BCUT2D eigenvalue weighted by Crippen LogP contribution is -2.03. The van der Waals surface area contributed by atoms with E-state index in [0.29, 0.717) is 0 Å². The molecule has 0 fully saturated rings. The summed E-state index contributed by atoms with van der Waals surface area (Å²) in [5.74, 6) is 0.264. The molecule has 0 radical (unpaired) electrons. The first-order chi connectivity index (χ1) is 5.68. The van der Waals surface area contributed by atoms with Crippen LogP contribution in [0.5, 0.6) is 0 Å². The van der Waals surface area contributed by atoms with Gasteiger partial charge in [0.15, 0.2) is 5.78 Å². The molecule has 0 N–H and O–H groups in total. The van der Waals surface area contributed by atoms with Crippen molar-refractivity contribution in [1.82, 2.24) is 4.90 Å². The predicted octanol–water partition coefficient (Wildman–Crippen LogP) is 1.74. The maximum absolute atomic E-state index is 11.0. The number of hydrogen-bond acceptors (Lipinski definition) is 2. The van der Waals surface area contributed by atoms with E-state index in [4.69, 9.17) is 0 Å². The SMILES string of the molecule is CN(C)/C=C/C1=CC(=O)CCC1. The van der Waals surface area contributed by atoms with E-state index in [0.717, 1.165) is 24.8 Å². The zero-order valence-corrected chi connectivity index (χ0v) is 7.71. The number of rotatable bonds is 2. The summed E-state index contributed by atoms with van der Waals surface area (Å²) in [5.41, 5.74) is 1.15. The maximum atomic E-state index is 11.0. The Morgan fingerprint density at radius 1 is 1.42 bits per heavy atom. The molecule has 1 aliphatic rings. The Kier molecular flexibility index (Phi) is 3.09. The molecule has 0 atom stereocenters. The second-order valence-corrected chi connectivity index (χ2v) is 3.32. The highest BCUT2D eigenvalue weighted by Gasteiger charge is 2.06. The fourth-order valence-electron chi connectivity index (χ4n) is 1.19. The van der Waals surface area contributed by atoms with Crippen molar-refractivity contribution in [2.75, 3.05) is 14.1 Å². The number of ketones is 1. The van der Waals surface area contributed by atoms with Crippen LogP contribution in [0.15, 0.2) is 23.9 Å². The molecule has 0 aromatic heterocycles. The summed E-state index contributed by atoms with van der Waals surface area (Å²) in [6.45, 7) is 0. The third-order valence-corrected chi connectivity index (χ3v) is 1.82. The van der Waals surface area contributed by atoms with Crippen molar-refractivity contribution in [3.05, 3.63) is 23.9 Å². The van der Waals surface area contributed by atoms with Gasteiger partial charge < -0.3 is 4.90 Å². The van der Waals surface area contributed by atoms with Crippen LogP contribution in [0.1, 0.15) is 19.3 Å². The van der Waals surface area contributed by atoms with Crippen molar-refractivity contribution >= 4 is 5.78 Å². The number of hydrogen-bond donors (Lipinski definition) is 0. The maximum Gasteiger partial charge on any atom is 0.155 e. The molecule has 12 heavy (non-hydrogen) atoms. The molecule has 2 nitrogen and oxygen atoms in total. The average Bonchev–Trinajstić information content (AvgIpc) is 2.01. The van der Waals surface area contributed by atoms with Crippen LogP contribution in [-0.4, -0.2) is 24.8 Å². The minimum atomic E-state index is 0.264. The van der Waals surface area contributed by atoms with Crippen molar-refractivity contribution < 1.29 is 4.79 Å². The van der Waals surface area contributed by atoms with Crippen LogP contribution < -0.4 is 0 Å². The lowest BCUT2D eigenvalue weighted by Gasteiger charge is -2.09. The average molecular weight is 165 g/mol. The Morgan fingerprint density at radius 3 is 2.75 bits per heavy atom. The molecule has 0 aromatic carbocycles. The van der Waals surface area contributed by atoms with Crippen LogP contribution in [0.2, 0.25) is 0 Å². The van der Waals surface area contributed by atoms with Gasteiger partial charge in [-0.3, -0.25) is 4.79 Å². The van der Waals surface area contributed by atoms with Crippen LogP contribution in [-0.2, 0) is 4.79 Å². The first-order valence-corrected chi connectivity index (χ1v) is 4.26. The van der Waals surface area contributed by atoms with Gasteiger partial charge in [-0.25, -0.2) is 0 Å². The highest BCUT2D eigenvalue weighted by molar-refractivity contribution is 5.91. The molecule has 0 spiro atoms. The second-order valence-electron chi connectivity index (χ2n) is 3.32. The fraction of sp³-hybridized carbons (Fsp3) is 0.500. The third kappa shape index (κ3) is 2.91. The van der Waals surface area contributed by atoms with Crippen molar-refractivity contribution in [3.8, 4) is 0 Å². The molecule has 0 bridgehead atoms. The summed E-state index contributed by atoms with van der Waals surface area (Å²) in [4.78, 5) is 13.0. The van der Waals surface area contributed by atoms with Gasteiger partial charge >= 0.3 is 0 Å². The van der Waals surface area contributed by atoms with Gasteiger partial charge in [0.2, 0.25) is 0 Å². The van der Waals surface area contributed by atoms with Gasteiger partial charge in [0.1, 0.15) is 0 Å². The van der Waals surface area contributed by atoms with Gasteiger partial charge in [0.05, 0.1) is 0 Å². The summed E-state index contributed by atoms with van der Waals surface area (Å²) in [5, 5.41) is 0.